The standard InChI is InChI=1S/C10H15F3O2/c11-10(12,13)9(15)6-8(14)7-4-2-1-3-5-7/h1-2,7-9,14-15H,3-6H2/t7?,8-,9+/m0/s1. The molecule has 1 rings (SSSR count). The molecule has 0 aromatic heterocycles. The zero-order valence-corrected chi connectivity index (χ0v) is 8.24. The Morgan fingerprint density at radius 3 is 2.40 bits per heavy atom. The average molecular weight is 224 g/mol. The molecule has 0 aromatic rings. The molecule has 1 unspecified atom stereocenters. The lowest BCUT2D eigenvalue weighted by molar-refractivity contribution is -0.212. The quantitative estimate of drug-likeness (QED) is 0.720. The second-order valence-electron chi connectivity index (χ2n) is 3.90. The van der Waals surface area contributed by atoms with Crippen LogP contribution in [0.4, 0.5) is 13.2 Å². The second kappa shape index (κ2) is 4.99. The molecule has 0 saturated heterocycles. The lowest BCUT2D eigenvalue weighted by atomic mass is 9.87. The minimum absolute atomic E-state index is 0.160. The molecule has 5 heteroatoms. The predicted octanol–water partition coefficient (Wildman–Crippen LogP) is 2.02. The molecule has 3 atom stereocenters. The van der Waals surface area contributed by atoms with Crippen molar-refractivity contribution in [2.24, 2.45) is 5.92 Å². The first-order valence-corrected chi connectivity index (χ1v) is 4.99. The molecule has 0 bridgehead atoms. The van der Waals surface area contributed by atoms with Gasteiger partial charge in [-0.3, -0.25) is 0 Å². The van der Waals surface area contributed by atoms with E-state index >= 15 is 0 Å². The highest BCUT2D eigenvalue weighted by Gasteiger charge is 2.40. The Kier molecular flexibility index (Phi) is 4.16. The van der Waals surface area contributed by atoms with Gasteiger partial charge in [-0.05, 0) is 25.2 Å². The van der Waals surface area contributed by atoms with Gasteiger partial charge in [0.05, 0.1) is 6.10 Å². The van der Waals surface area contributed by atoms with Crippen LogP contribution >= 0.6 is 0 Å². The molecule has 0 aliphatic heterocycles. The molecule has 0 amide bonds. The van der Waals surface area contributed by atoms with Gasteiger partial charge < -0.3 is 10.2 Å². The third kappa shape index (κ3) is 3.83. The molecule has 0 fully saturated rings. The number of alkyl halides is 3. The van der Waals surface area contributed by atoms with E-state index in [1.54, 1.807) is 0 Å². The van der Waals surface area contributed by atoms with Crippen molar-refractivity contribution in [3.05, 3.63) is 12.2 Å². The van der Waals surface area contributed by atoms with Crippen LogP contribution in [0.15, 0.2) is 12.2 Å². The van der Waals surface area contributed by atoms with Crippen molar-refractivity contribution >= 4 is 0 Å². The van der Waals surface area contributed by atoms with Crippen LogP contribution < -0.4 is 0 Å². The summed E-state index contributed by atoms with van der Waals surface area (Å²) in [4.78, 5) is 0. The van der Waals surface area contributed by atoms with Crippen molar-refractivity contribution in [1.82, 2.24) is 0 Å². The number of halogens is 3. The Hall–Kier alpha value is -0.550. The summed E-state index contributed by atoms with van der Waals surface area (Å²) in [6, 6.07) is 0. The SMILES string of the molecule is O[C@H](C[C@H](O)C1CC=CCC1)C(F)(F)F. The molecule has 0 spiro atoms. The van der Waals surface area contributed by atoms with Crippen molar-refractivity contribution in [3.63, 3.8) is 0 Å². The van der Waals surface area contributed by atoms with Crippen LogP contribution in [0.3, 0.4) is 0 Å². The fourth-order valence-corrected chi connectivity index (χ4v) is 1.72. The summed E-state index contributed by atoms with van der Waals surface area (Å²) in [5, 5.41) is 18.3. The molecule has 2 nitrogen and oxygen atoms in total. The number of aliphatic hydroxyl groups excluding tert-OH is 2. The first-order chi connectivity index (χ1) is 6.91. The molecule has 2 N–H and O–H groups in total. The Labute approximate surface area is 86.4 Å². The molecule has 0 saturated carbocycles. The highest BCUT2D eigenvalue weighted by atomic mass is 19.4. The van der Waals surface area contributed by atoms with Gasteiger partial charge in [0.25, 0.3) is 0 Å². The third-order valence-electron chi connectivity index (χ3n) is 2.70. The molecule has 1 aliphatic carbocycles. The molecule has 15 heavy (non-hydrogen) atoms. The van der Waals surface area contributed by atoms with Gasteiger partial charge >= 0.3 is 6.18 Å². The van der Waals surface area contributed by atoms with Crippen LogP contribution in [-0.2, 0) is 0 Å². The van der Waals surface area contributed by atoms with E-state index in [1.165, 1.54) is 0 Å². The summed E-state index contributed by atoms with van der Waals surface area (Å²) in [6.45, 7) is 0. The van der Waals surface area contributed by atoms with E-state index in [4.69, 9.17) is 5.11 Å². The van der Waals surface area contributed by atoms with Gasteiger partial charge in [0.15, 0.2) is 6.10 Å². The van der Waals surface area contributed by atoms with E-state index in [2.05, 4.69) is 0 Å². The molecule has 88 valence electrons. The van der Waals surface area contributed by atoms with Crippen molar-refractivity contribution in [2.45, 2.75) is 44.1 Å². The van der Waals surface area contributed by atoms with E-state index < -0.39 is 24.8 Å². The maximum absolute atomic E-state index is 12.0. The molecule has 0 radical (unpaired) electrons. The first-order valence-electron chi connectivity index (χ1n) is 4.99. The average Bonchev–Trinajstić information content (AvgIpc) is 2.17. The molecular weight excluding hydrogens is 209 g/mol. The summed E-state index contributed by atoms with van der Waals surface area (Å²) in [5.74, 6) is -0.160. The number of hydrogen-bond acceptors (Lipinski definition) is 2. The fraction of sp³-hybridized carbons (Fsp3) is 0.800. The van der Waals surface area contributed by atoms with Gasteiger partial charge in [-0.15, -0.1) is 0 Å². The topological polar surface area (TPSA) is 40.5 Å². The van der Waals surface area contributed by atoms with Gasteiger partial charge in [-0.1, -0.05) is 12.2 Å². The fourth-order valence-electron chi connectivity index (χ4n) is 1.72. The molecule has 0 heterocycles. The highest BCUT2D eigenvalue weighted by molar-refractivity contribution is 4.92. The summed E-state index contributed by atoms with van der Waals surface area (Å²) >= 11 is 0. The highest BCUT2D eigenvalue weighted by Crippen LogP contribution is 2.28. The van der Waals surface area contributed by atoms with Crippen molar-refractivity contribution < 1.29 is 23.4 Å². The van der Waals surface area contributed by atoms with Crippen molar-refractivity contribution in [3.8, 4) is 0 Å². The largest absolute Gasteiger partial charge is 0.414 e. The zero-order chi connectivity index (χ0) is 11.5. The third-order valence-corrected chi connectivity index (χ3v) is 2.70. The lowest BCUT2D eigenvalue weighted by Gasteiger charge is -2.26. The van der Waals surface area contributed by atoms with E-state index in [0.29, 0.717) is 12.8 Å². The summed E-state index contributed by atoms with van der Waals surface area (Å²) < 4.78 is 36.0. The Morgan fingerprint density at radius 2 is 1.93 bits per heavy atom. The number of allylic oxidation sites excluding steroid dienone is 2. The minimum Gasteiger partial charge on any atom is -0.393 e. The van der Waals surface area contributed by atoms with Crippen LogP contribution in [0.5, 0.6) is 0 Å². The van der Waals surface area contributed by atoms with Gasteiger partial charge in [-0.25, -0.2) is 0 Å². The van der Waals surface area contributed by atoms with E-state index in [0.717, 1.165) is 6.42 Å². The Bertz CT molecular complexity index is 225. The smallest absolute Gasteiger partial charge is 0.393 e. The zero-order valence-electron chi connectivity index (χ0n) is 8.24. The maximum atomic E-state index is 12.0. The van der Waals surface area contributed by atoms with Crippen LogP contribution in [0.25, 0.3) is 0 Å². The molecule has 1 aliphatic rings. The summed E-state index contributed by atoms with van der Waals surface area (Å²) in [5.41, 5.74) is 0. The van der Waals surface area contributed by atoms with Gasteiger partial charge in [0.1, 0.15) is 0 Å². The van der Waals surface area contributed by atoms with Crippen molar-refractivity contribution in [2.75, 3.05) is 0 Å². The normalized spacial score (nSPS) is 26.3. The lowest BCUT2D eigenvalue weighted by Crippen LogP contribution is -2.35. The van der Waals surface area contributed by atoms with E-state index in [1.807, 2.05) is 12.2 Å². The monoisotopic (exact) mass is 224 g/mol. The van der Waals surface area contributed by atoms with Crippen LogP contribution in [0.1, 0.15) is 25.7 Å². The van der Waals surface area contributed by atoms with E-state index in [9.17, 15) is 18.3 Å². The number of aliphatic hydroxyl groups is 2. The van der Waals surface area contributed by atoms with Gasteiger partial charge in [-0.2, -0.15) is 13.2 Å². The number of hydrogen-bond donors (Lipinski definition) is 2. The van der Waals surface area contributed by atoms with E-state index in [-0.39, 0.29) is 5.92 Å². The number of rotatable bonds is 3. The second-order valence-corrected chi connectivity index (χ2v) is 3.90. The first kappa shape index (κ1) is 12.5. The minimum atomic E-state index is -4.63. The van der Waals surface area contributed by atoms with Crippen LogP contribution in [0, 0.1) is 5.92 Å². The maximum Gasteiger partial charge on any atom is 0.414 e. The summed E-state index contributed by atoms with van der Waals surface area (Å²) in [7, 11) is 0. The predicted molar refractivity (Wildman–Crippen MR) is 49.2 cm³/mol. The molecule has 0 aromatic carbocycles. The molecular formula is C10H15F3O2. The van der Waals surface area contributed by atoms with Crippen LogP contribution in [-0.4, -0.2) is 28.6 Å². The van der Waals surface area contributed by atoms with Gasteiger partial charge in [0.2, 0.25) is 0 Å². The van der Waals surface area contributed by atoms with Crippen molar-refractivity contribution in [1.29, 1.82) is 0 Å². The Morgan fingerprint density at radius 1 is 1.27 bits per heavy atom. The summed E-state index contributed by atoms with van der Waals surface area (Å²) in [6.07, 6.45) is -2.89. The van der Waals surface area contributed by atoms with Gasteiger partial charge in [0, 0.05) is 6.42 Å². The van der Waals surface area contributed by atoms with Crippen LogP contribution in [0.2, 0.25) is 0 Å². The Balaban J connectivity index is 2.41.